The van der Waals surface area contributed by atoms with Crippen molar-refractivity contribution in [3.63, 3.8) is 0 Å². The van der Waals surface area contributed by atoms with Gasteiger partial charge in [0.2, 0.25) is 0 Å². The summed E-state index contributed by atoms with van der Waals surface area (Å²) in [4.78, 5) is 0. The topological polar surface area (TPSA) is 29.9 Å². The minimum atomic E-state index is 0.707. The van der Waals surface area contributed by atoms with E-state index in [-0.39, 0.29) is 0 Å². The summed E-state index contributed by atoms with van der Waals surface area (Å²) >= 11 is 1.74. The lowest BCUT2D eigenvalue weighted by Crippen LogP contribution is -2.22. The molecule has 4 heteroatoms. The SMILES string of the molecule is Cc1nn(Cc2ccsc2)c(C)c1CCNCC(C)C. The van der Waals surface area contributed by atoms with Crippen molar-refractivity contribution in [3.8, 4) is 0 Å². The maximum absolute atomic E-state index is 4.69. The summed E-state index contributed by atoms with van der Waals surface area (Å²) in [5, 5.41) is 12.5. The summed E-state index contributed by atoms with van der Waals surface area (Å²) < 4.78 is 2.13. The van der Waals surface area contributed by atoms with E-state index in [2.05, 4.69) is 54.5 Å². The number of aromatic nitrogens is 2. The molecule has 20 heavy (non-hydrogen) atoms. The van der Waals surface area contributed by atoms with Gasteiger partial charge < -0.3 is 5.32 Å². The molecule has 110 valence electrons. The van der Waals surface area contributed by atoms with Crippen LogP contribution in [0.3, 0.4) is 0 Å². The van der Waals surface area contributed by atoms with Gasteiger partial charge in [0.25, 0.3) is 0 Å². The van der Waals surface area contributed by atoms with Gasteiger partial charge in [-0.2, -0.15) is 16.4 Å². The quantitative estimate of drug-likeness (QED) is 0.792. The average Bonchev–Trinajstić information content (AvgIpc) is 2.97. The number of thiophene rings is 1. The summed E-state index contributed by atoms with van der Waals surface area (Å²) in [5.41, 5.74) is 5.21. The maximum atomic E-state index is 4.69. The molecule has 0 aliphatic heterocycles. The van der Waals surface area contributed by atoms with E-state index >= 15 is 0 Å². The van der Waals surface area contributed by atoms with E-state index in [1.807, 2.05) is 0 Å². The fourth-order valence-electron chi connectivity index (χ4n) is 2.41. The Labute approximate surface area is 126 Å². The zero-order valence-corrected chi connectivity index (χ0v) is 13.8. The van der Waals surface area contributed by atoms with Gasteiger partial charge in [0.1, 0.15) is 0 Å². The van der Waals surface area contributed by atoms with Crippen molar-refractivity contribution >= 4 is 11.3 Å². The van der Waals surface area contributed by atoms with Crippen molar-refractivity contribution in [2.75, 3.05) is 13.1 Å². The van der Waals surface area contributed by atoms with Crippen molar-refractivity contribution in [2.24, 2.45) is 5.92 Å². The minimum absolute atomic E-state index is 0.707. The Morgan fingerprint density at radius 1 is 1.35 bits per heavy atom. The second-order valence-corrected chi connectivity index (χ2v) is 6.57. The summed E-state index contributed by atoms with van der Waals surface area (Å²) in [6.07, 6.45) is 1.06. The van der Waals surface area contributed by atoms with Gasteiger partial charge in [0.15, 0.2) is 0 Å². The summed E-state index contributed by atoms with van der Waals surface area (Å²) in [6, 6.07) is 2.17. The van der Waals surface area contributed by atoms with Crippen LogP contribution in [0.25, 0.3) is 0 Å². The van der Waals surface area contributed by atoms with E-state index in [1.165, 1.54) is 22.5 Å². The average molecular weight is 291 g/mol. The molecular weight excluding hydrogens is 266 g/mol. The Kier molecular flexibility index (Phi) is 5.38. The predicted octanol–water partition coefficient (Wildman–Crippen LogP) is 3.40. The van der Waals surface area contributed by atoms with Crippen molar-refractivity contribution in [1.82, 2.24) is 15.1 Å². The van der Waals surface area contributed by atoms with Crippen LogP contribution in [0.15, 0.2) is 16.8 Å². The smallest absolute Gasteiger partial charge is 0.0670 e. The van der Waals surface area contributed by atoms with Crippen LogP contribution < -0.4 is 5.32 Å². The van der Waals surface area contributed by atoms with Crippen LogP contribution in [0, 0.1) is 19.8 Å². The van der Waals surface area contributed by atoms with Crippen LogP contribution in [-0.4, -0.2) is 22.9 Å². The Bertz CT molecular complexity index is 526. The standard InChI is InChI=1S/C16H25N3S/c1-12(2)9-17-7-5-16-13(3)18-19(14(16)4)10-15-6-8-20-11-15/h6,8,11-12,17H,5,7,9-10H2,1-4H3. The molecule has 0 radical (unpaired) electrons. The first kappa shape index (κ1) is 15.3. The molecule has 3 nitrogen and oxygen atoms in total. The Morgan fingerprint density at radius 3 is 2.80 bits per heavy atom. The lowest BCUT2D eigenvalue weighted by molar-refractivity contribution is 0.553. The highest BCUT2D eigenvalue weighted by Gasteiger charge is 2.11. The van der Waals surface area contributed by atoms with E-state index in [0.29, 0.717) is 5.92 Å². The van der Waals surface area contributed by atoms with Crippen molar-refractivity contribution in [1.29, 1.82) is 0 Å². The number of nitrogens with one attached hydrogen (secondary N) is 1. The van der Waals surface area contributed by atoms with Crippen molar-refractivity contribution in [2.45, 2.75) is 40.7 Å². The van der Waals surface area contributed by atoms with Gasteiger partial charge >= 0.3 is 0 Å². The van der Waals surface area contributed by atoms with Gasteiger partial charge in [-0.05, 0) is 67.2 Å². The zero-order chi connectivity index (χ0) is 14.5. The van der Waals surface area contributed by atoms with E-state index in [4.69, 9.17) is 5.10 Å². The van der Waals surface area contributed by atoms with E-state index in [9.17, 15) is 0 Å². The van der Waals surface area contributed by atoms with Gasteiger partial charge in [-0.3, -0.25) is 4.68 Å². The Morgan fingerprint density at radius 2 is 2.15 bits per heavy atom. The normalized spacial score (nSPS) is 11.4. The number of rotatable bonds is 7. The molecule has 0 aliphatic carbocycles. The molecule has 2 heterocycles. The van der Waals surface area contributed by atoms with Crippen LogP contribution >= 0.6 is 11.3 Å². The van der Waals surface area contributed by atoms with E-state index in [1.54, 1.807) is 11.3 Å². The number of hydrogen-bond donors (Lipinski definition) is 1. The largest absolute Gasteiger partial charge is 0.316 e. The molecule has 2 rings (SSSR count). The fraction of sp³-hybridized carbons (Fsp3) is 0.562. The maximum Gasteiger partial charge on any atom is 0.0670 e. The minimum Gasteiger partial charge on any atom is -0.316 e. The van der Waals surface area contributed by atoms with Gasteiger partial charge in [0, 0.05) is 5.69 Å². The zero-order valence-electron chi connectivity index (χ0n) is 12.9. The second kappa shape index (κ2) is 7.04. The number of nitrogens with zero attached hydrogens (tertiary/aromatic N) is 2. The first-order valence-corrected chi connectivity index (χ1v) is 8.27. The molecule has 2 aromatic heterocycles. The molecule has 0 spiro atoms. The van der Waals surface area contributed by atoms with Crippen LogP contribution in [0.2, 0.25) is 0 Å². The molecule has 0 unspecified atom stereocenters. The molecular formula is C16H25N3S. The third kappa shape index (κ3) is 3.93. The summed E-state index contributed by atoms with van der Waals surface area (Å²) in [6.45, 7) is 11.8. The van der Waals surface area contributed by atoms with Gasteiger partial charge in [-0.25, -0.2) is 0 Å². The number of aryl methyl sites for hydroxylation is 1. The highest BCUT2D eigenvalue weighted by molar-refractivity contribution is 7.07. The molecule has 0 aliphatic rings. The molecule has 0 fully saturated rings. The molecule has 2 aromatic rings. The number of hydrogen-bond acceptors (Lipinski definition) is 3. The fourth-order valence-corrected chi connectivity index (χ4v) is 3.07. The molecule has 0 amide bonds. The molecule has 0 saturated heterocycles. The van der Waals surface area contributed by atoms with Gasteiger partial charge in [-0.15, -0.1) is 0 Å². The van der Waals surface area contributed by atoms with E-state index in [0.717, 1.165) is 26.1 Å². The van der Waals surface area contributed by atoms with Crippen LogP contribution in [-0.2, 0) is 13.0 Å². The third-order valence-corrected chi connectivity index (χ3v) is 4.28. The highest BCUT2D eigenvalue weighted by atomic mass is 32.1. The Balaban J connectivity index is 1.97. The molecule has 0 atom stereocenters. The third-order valence-electron chi connectivity index (χ3n) is 3.55. The first-order chi connectivity index (χ1) is 9.58. The monoisotopic (exact) mass is 291 g/mol. The summed E-state index contributed by atoms with van der Waals surface area (Å²) in [7, 11) is 0. The predicted molar refractivity (Wildman–Crippen MR) is 86.5 cm³/mol. The molecule has 1 N–H and O–H groups in total. The molecule has 0 aromatic carbocycles. The van der Waals surface area contributed by atoms with Crippen LogP contribution in [0.4, 0.5) is 0 Å². The lowest BCUT2D eigenvalue weighted by Gasteiger charge is -2.08. The molecule has 0 saturated carbocycles. The molecule has 0 bridgehead atoms. The van der Waals surface area contributed by atoms with Crippen molar-refractivity contribution < 1.29 is 0 Å². The highest BCUT2D eigenvalue weighted by Crippen LogP contribution is 2.16. The van der Waals surface area contributed by atoms with Crippen molar-refractivity contribution in [3.05, 3.63) is 39.3 Å². The van der Waals surface area contributed by atoms with Gasteiger partial charge in [-0.1, -0.05) is 13.8 Å². The van der Waals surface area contributed by atoms with Gasteiger partial charge in [0.05, 0.1) is 12.2 Å². The second-order valence-electron chi connectivity index (χ2n) is 5.79. The van der Waals surface area contributed by atoms with Crippen LogP contribution in [0.5, 0.6) is 0 Å². The van der Waals surface area contributed by atoms with Crippen LogP contribution in [0.1, 0.15) is 36.4 Å². The summed E-state index contributed by atoms with van der Waals surface area (Å²) in [5.74, 6) is 0.707. The van der Waals surface area contributed by atoms with E-state index < -0.39 is 0 Å². The first-order valence-electron chi connectivity index (χ1n) is 7.32. The lowest BCUT2D eigenvalue weighted by atomic mass is 10.1. The Hall–Kier alpha value is -1.13.